The van der Waals surface area contributed by atoms with E-state index in [1.165, 1.54) is 5.56 Å². The van der Waals surface area contributed by atoms with Crippen LogP contribution in [0.4, 0.5) is 0 Å². The van der Waals surface area contributed by atoms with Crippen LogP contribution in [0, 0.1) is 6.92 Å². The second-order valence-corrected chi connectivity index (χ2v) is 7.16. The molecule has 2 aromatic rings. The normalized spacial score (nSPS) is 19.0. The third kappa shape index (κ3) is 4.33. The zero-order valence-corrected chi connectivity index (χ0v) is 16.2. The maximum absolute atomic E-state index is 12.8. The molecule has 5 nitrogen and oxygen atoms in total. The fourth-order valence-electron chi connectivity index (χ4n) is 3.68. The number of nitrogens with one attached hydrogen (secondary N) is 1. The van der Waals surface area contributed by atoms with Gasteiger partial charge in [0, 0.05) is 50.8 Å². The molecule has 1 aromatic carbocycles. The highest BCUT2D eigenvalue weighted by Crippen LogP contribution is 2.19. The second kappa shape index (κ2) is 8.49. The average molecular weight is 354 g/mol. The largest absolute Gasteiger partial charge is 0.346 e. The molecule has 1 amide bonds. The number of hydrogen-bond donors (Lipinski definition) is 1. The van der Waals surface area contributed by atoms with E-state index in [0.29, 0.717) is 13.0 Å². The quantitative estimate of drug-likeness (QED) is 0.866. The van der Waals surface area contributed by atoms with Crippen molar-refractivity contribution in [2.24, 2.45) is 0 Å². The van der Waals surface area contributed by atoms with Gasteiger partial charge in [-0.3, -0.25) is 9.69 Å². The first-order chi connectivity index (χ1) is 12.6. The van der Waals surface area contributed by atoms with Crippen LogP contribution in [0.15, 0.2) is 30.3 Å². The number of H-pyrrole nitrogens is 1. The van der Waals surface area contributed by atoms with Gasteiger partial charge in [-0.1, -0.05) is 44.2 Å². The highest BCUT2D eigenvalue weighted by atomic mass is 16.2. The standard InChI is InChI=1S/C21H30N4O/c1-4-18-14-24(15-19-16(3)22-20(5-2)23-19)12-11-21(26)25(18)13-17-9-7-6-8-10-17/h6-10,18H,4-5,11-15H2,1-3H3,(H,22,23). The summed E-state index contributed by atoms with van der Waals surface area (Å²) in [6.07, 6.45) is 2.46. The van der Waals surface area contributed by atoms with Crippen LogP contribution < -0.4 is 0 Å². The summed E-state index contributed by atoms with van der Waals surface area (Å²) in [6, 6.07) is 10.5. The monoisotopic (exact) mass is 354 g/mol. The van der Waals surface area contributed by atoms with Gasteiger partial charge in [0.1, 0.15) is 5.82 Å². The molecule has 1 N–H and O–H groups in total. The van der Waals surface area contributed by atoms with Gasteiger partial charge >= 0.3 is 0 Å². The minimum atomic E-state index is 0.245. The van der Waals surface area contributed by atoms with Crippen LogP contribution in [-0.2, 0) is 24.3 Å². The molecule has 26 heavy (non-hydrogen) atoms. The van der Waals surface area contributed by atoms with E-state index in [1.54, 1.807) is 0 Å². The van der Waals surface area contributed by atoms with E-state index in [2.05, 4.69) is 47.7 Å². The zero-order chi connectivity index (χ0) is 18.5. The third-order valence-electron chi connectivity index (χ3n) is 5.28. The Kier molecular flexibility index (Phi) is 6.09. The number of aromatic amines is 1. The third-order valence-corrected chi connectivity index (χ3v) is 5.28. The van der Waals surface area contributed by atoms with Crippen LogP contribution in [-0.4, -0.2) is 44.8 Å². The lowest BCUT2D eigenvalue weighted by molar-refractivity contribution is -0.133. The number of rotatable bonds is 6. The molecule has 1 atom stereocenters. The predicted octanol–water partition coefficient (Wildman–Crippen LogP) is 3.29. The highest BCUT2D eigenvalue weighted by Gasteiger charge is 2.29. The van der Waals surface area contributed by atoms with E-state index in [1.807, 2.05) is 18.2 Å². The number of aromatic nitrogens is 2. The number of benzene rings is 1. The highest BCUT2D eigenvalue weighted by molar-refractivity contribution is 5.77. The topological polar surface area (TPSA) is 52.2 Å². The van der Waals surface area contributed by atoms with Gasteiger partial charge in [0.2, 0.25) is 5.91 Å². The van der Waals surface area contributed by atoms with Gasteiger partial charge in [-0.25, -0.2) is 4.98 Å². The number of carbonyl (C=O) groups excluding carboxylic acids is 1. The SMILES string of the molecule is CCc1nc(CN2CCC(=O)N(Cc3ccccc3)C(CC)C2)c(C)[nH]1. The van der Waals surface area contributed by atoms with Crippen LogP contribution in [0.1, 0.15) is 49.5 Å². The molecule has 5 heteroatoms. The van der Waals surface area contributed by atoms with Crippen molar-refractivity contribution >= 4 is 5.91 Å². The average Bonchev–Trinajstić information content (AvgIpc) is 2.94. The zero-order valence-electron chi connectivity index (χ0n) is 16.2. The summed E-state index contributed by atoms with van der Waals surface area (Å²) >= 11 is 0. The van der Waals surface area contributed by atoms with Gasteiger partial charge in [0.05, 0.1) is 5.69 Å². The second-order valence-electron chi connectivity index (χ2n) is 7.16. The maximum Gasteiger partial charge on any atom is 0.224 e. The van der Waals surface area contributed by atoms with Crippen molar-refractivity contribution < 1.29 is 4.79 Å². The molecule has 0 radical (unpaired) electrons. The lowest BCUT2D eigenvalue weighted by Gasteiger charge is -2.31. The van der Waals surface area contributed by atoms with Crippen molar-refractivity contribution in [2.75, 3.05) is 13.1 Å². The van der Waals surface area contributed by atoms with Crippen LogP contribution >= 0.6 is 0 Å². The molecule has 1 saturated heterocycles. The molecule has 1 aliphatic rings. The smallest absolute Gasteiger partial charge is 0.224 e. The number of carbonyl (C=O) groups is 1. The maximum atomic E-state index is 12.8. The summed E-state index contributed by atoms with van der Waals surface area (Å²) in [7, 11) is 0. The predicted molar refractivity (Wildman–Crippen MR) is 104 cm³/mol. The molecule has 0 bridgehead atoms. The Labute approximate surface area is 156 Å². The summed E-state index contributed by atoms with van der Waals surface area (Å²) in [4.78, 5) is 25.3. The Morgan fingerprint density at radius 3 is 2.62 bits per heavy atom. The number of imidazole rings is 1. The van der Waals surface area contributed by atoms with Crippen molar-refractivity contribution in [3.05, 3.63) is 53.1 Å². The van der Waals surface area contributed by atoms with Crippen molar-refractivity contribution in [3.8, 4) is 0 Å². The Balaban J connectivity index is 1.72. The van der Waals surface area contributed by atoms with E-state index < -0.39 is 0 Å². The Morgan fingerprint density at radius 2 is 1.96 bits per heavy atom. The van der Waals surface area contributed by atoms with E-state index in [4.69, 9.17) is 4.98 Å². The van der Waals surface area contributed by atoms with Crippen LogP contribution in [0.3, 0.4) is 0 Å². The van der Waals surface area contributed by atoms with Gasteiger partial charge in [-0.15, -0.1) is 0 Å². The first kappa shape index (κ1) is 18.6. The van der Waals surface area contributed by atoms with Crippen LogP contribution in [0.5, 0.6) is 0 Å². The van der Waals surface area contributed by atoms with Gasteiger partial charge < -0.3 is 9.88 Å². The minimum absolute atomic E-state index is 0.245. The van der Waals surface area contributed by atoms with Crippen LogP contribution in [0.2, 0.25) is 0 Å². The molecular formula is C21H30N4O. The summed E-state index contributed by atoms with van der Waals surface area (Å²) in [5.74, 6) is 1.30. The van der Waals surface area contributed by atoms with E-state index in [9.17, 15) is 4.79 Å². The molecule has 3 rings (SSSR count). The lowest BCUT2D eigenvalue weighted by Crippen LogP contribution is -2.42. The number of hydrogen-bond acceptors (Lipinski definition) is 3. The summed E-state index contributed by atoms with van der Waals surface area (Å²) in [5.41, 5.74) is 3.45. The van der Waals surface area contributed by atoms with Gasteiger partial charge in [0.15, 0.2) is 0 Å². The molecule has 0 aliphatic carbocycles. The Bertz CT molecular complexity index is 725. The van der Waals surface area contributed by atoms with E-state index in [-0.39, 0.29) is 11.9 Å². The number of amides is 1. The van der Waals surface area contributed by atoms with E-state index >= 15 is 0 Å². The Morgan fingerprint density at radius 1 is 1.19 bits per heavy atom. The molecular weight excluding hydrogens is 324 g/mol. The van der Waals surface area contributed by atoms with Gasteiger partial charge in [-0.2, -0.15) is 0 Å². The molecule has 0 spiro atoms. The van der Waals surface area contributed by atoms with Crippen molar-refractivity contribution in [1.29, 1.82) is 0 Å². The van der Waals surface area contributed by atoms with Gasteiger partial charge in [0.25, 0.3) is 0 Å². The summed E-state index contributed by atoms with van der Waals surface area (Å²) in [6.45, 7) is 9.59. The molecule has 0 saturated carbocycles. The number of nitrogens with zero attached hydrogens (tertiary/aromatic N) is 3. The van der Waals surface area contributed by atoms with Crippen molar-refractivity contribution in [2.45, 2.75) is 59.2 Å². The molecule has 1 unspecified atom stereocenters. The van der Waals surface area contributed by atoms with Crippen molar-refractivity contribution in [1.82, 2.24) is 19.8 Å². The minimum Gasteiger partial charge on any atom is -0.346 e. The van der Waals surface area contributed by atoms with Crippen LogP contribution in [0.25, 0.3) is 0 Å². The molecule has 140 valence electrons. The lowest BCUT2D eigenvalue weighted by atomic mass is 10.1. The van der Waals surface area contributed by atoms with Gasteiger partial charge in [-0.05, 0) is 18.9 Å². The Hall–Kier alpha value is -2.14. The summed E-state index contributed by atoms with van der Waals surface area (Å²) in [5, 5.41) is 0. The molecule has 1 aliphatic heterocycles. The van der Waals surface area contributed by atoms with E-state index in [0.717, 1.165) is 49.7 Å². The van der Waals surface area contributed by atoms with Crippen molar-refractivity contribution in [3.63, 3.8) is 0 Å². The molecule has 2 heterocycles. The molecule has 1 fully saturated rings. The fraction of sp³-hybridized carbons (Fsp3) is 0.524. The number of aryl methyl sites for hydroxylation is 2. The fourth-order valence-corrected chi connectivity index (χ4v) is 3.68. The summed E-state index contributed by atoms with van der Waals surface area (Å²) < 4.78 is 0. The molecule has 1 aromatic heterocycles. The first-order valence-corrected chi connectivity index (χ1v) is 9.70. The first-order valence-electron chi connectivity index (χ1n) is 9.70.